The summed E-state index contributed by atoms with van der Waals surface area (Å²) < 4.78 is 5.39. The Morgan fingerprint density at radius 1 is 0.852 bits per heavy atom. The molecule has 0 N–H and O–H groups in total. The third kappa shape index (κ3) is 6.08. The topological polar surface area (TPSA) is 46.6 Å². The summed E-state index contributed by atoms with van der Waals surface area (Å²) in [5.41, 5.74) is 2.58. The summed E-state index contributed by atoms with van der Waals surface area (Å²) >= 11 is 0. The van der Waals surface area contributed by atoms with Crippen LogP contribution in [0.3, 0.4) is 0 Å². The summed E-state index contributed by atoms with van der Waals surface area (Å²) in [6, 6.07) is 5.96. The molecule has 2 rings (SSSR count). The lowest BCUT2D eigenvalue weighted by atomic mass is 9.79. The van der Waals surface area contributed by atoms with E-state index in [1.54, 1.807) is 0 Å². The molecular formula is C23H35NO3. The van der Waals surface area contributed by atoms with Crippen molar-refractivity contribution in [2.45, 2.75) is 78.1 Å². The van der Waals surface area contributed by atoms with E-state index >= 15 is 0 Å². The average Bonchev–Trinajstić information content (AvgIpc) is 2.86. The van der Waals surface area contributed by atoms with Gasteiger partial charge in [-0.1, -0.05) is 60.5 Å². The summed E-state index contributed by atoms with van der Waals surface area (Å²) in [5.74, 6) is -0.511. The number of nitrogens with zero attached hydrogens (tertiary/aromatic N) is 1. The Bertz CT molecular complexity index is 640. The van der Waals surface area contributed by atoms with Gasteiger partial charge in [0.05, 0.1) is 5.56 Å². The van der Waals surface area contributed by atoms with Gasteiger partial charge in [-0.2, -0.15) is 0 Å². The van der Waals surface area contributed by atoms with Crippen molar-refractivity contribution in [1.82, 2.24) is 4.90 Å². The van der Waals surface area contributed by atoms with E-state index in [0.717, 1.165) is 37.1 Å². The Morgan fingerprint density at radius 2 is 1.33 bits per heavy atom. The molecule has 4 heteroatoms. The maximum absolute atomic E-state index is 12.7. The summed E-state index contributed by atoms with van der Waals surface area (Å²) in [6.45, 7) is 14.1. The van der Waals surface area contributed by atoms with E-state index in [4.69, 9.17) is 4.74 Å². The molecule has 1 aromatic rings. The first kappa shape index (κ1) is 21.5. The average molecular weight is 374 g/mol. The summed E-state index contributed by atoms with van der Waals surface area (Å²) in [6.07, 6.45) is 4.39. The second-order valence-corrected chi connectivity index (χ2v) is 9.67. The molecule has 1 aliphatic heterocycles. The molecule has 0 saturated carbocycles. The first-order valence-electron chi connectivity index (χ1n) is 10.1. The molecular weight excluding hydrogens is 338 g/mol. The maximum Gasteiger partial charge on any atom is 0.338 e. The van der Waals surface area contributed by atoms with Gasteiger partial charge in [0.25, 0.3) is 5.91 Å². The van der Waals surface area contributed by atoms with Crippen LogP contribution in [0.15, 0.2) is 18.2 Å². The van der Waals surface area contributed by atoms with Gasteiger partial charge in [-0.3, -0.25) is 4.79 Å². The molecule has 0 bridgehead atoms. The van der Waals surface area contributed by atoms with Crippen LogP contribution in [0.5, 0.6) is 0 Å². The largest absolute Gasteiger partial charge is 0.452 e. The van der Waals surface area contributed by atoms with Crippen LogP contribution in [0.25, 0.3) is 0 Å². The molecule has 4 nitrogen and oxygen atoms in total. The fourth-order valence-corrected chi connectivity index (χ4v) is 3.23. The quantitative estimate of drug-likeness (QED) is 0.712. The number of carbonyl (C=O) groups is 2. The van der Waals surface area contributed by atoms with Gasteiger partial charge in [0.1, 0.15) is 0 Å². The molecule has 1 fully saturated rings. The molecule has 27 heavy (non-hydrogen) atoms. The minimum atomic E-state index is -0.422. The molecule has 1 aromatic carbocycles. The highest BCUT2D eigenvalue weighted by Gasteiger charge is 2.23. The molecule has 1 heterocycles. The molecule has 1 amide bonds. The molecule has 0 spiro atoms. The number of esters is 1. The highest BCUT2D eigenvalue weighted by Crippen LogP contribution is 2.30. The number of amides is 1. The second kappa shape index (κ2) is 8.45. The Hall–Kier alpha value is -1.84. The van der Waals surface area contributed by atoms with E-state index in [-0.39, 0.29) is 23.3 Å². The third-order valence-electron chi connectivity index (χ3n) is 5.19. The second-order valence-electron chi connectivity index (χ2n) is 9.67. The van der Waals surface area contributed by atoms with Crippen LogP contribution in [0, 0.1) is 0 Å². The normalized spacial score (nSPS) is 16.0. The lowest BCUT2D eigenvalue weighted by Crippen LogP contribution is -2.35. The van der Waals surface area contributed by atoms with Gasteiger partial charge in [-0.15, -0.1) is 0 Å². The minimum Gasteiger partial charge on any atom is -0.452 e. The Kier molecular flexibility index (Phi) is 6.72. The first-order valence-corrected chi connectivity index (χ1v) is 10.1. The van der Waals surface area contributed by atoms with E-state index < -0.39 is 5.97 Å². The molecule has 1 saturated heterocycles. The van der Waals surface area contributed by atoms with Crippen LogP contribution in [-0.4, -0.2) is 36.5 Å². The zero-order valence-corrected chi connectivity index (χ0v) is 17.9. The van der Waals surface area contributed by atoms with E-state index in [2.05, 4.69) is 47.6 Å². The lowest BCUT2D eigenvalue weighted by molar-refractivity contribution is -0.134. The van der Waals surface area contributed by atoms with E-state index in [1.807, 2.05) is 17.0 Å². The van der Waals surface area contributed by atoms with Gasteiger partial charge < -0.3 is 9.64 Å². The predicted octanol–water partition coefficient (Wildman–Crippen LogP) is 4.84. The standard InChI is InChI=1S/C23H35NO3/c1-22(2,3)18-13-17(14-19(15-18)23(4,5)6)21(26)27-16-20(25)24-11-9-7-8-10-12-24/h13-15H,7-12,16H2,1-6H3. The van der Waals surface area contributed by atoms with Crippen LogP contribution < -0.4 is 0 Å². The fourth-order valence-electron chi connectivity index (χ4n) is 3.23. The van der Waals surface area contributed by atoms with Crippen molar-refractivity contribution in [3.05, 3.63) is 34.9 Å². The van der Waals surface area contributed by atoms with Gasteiger partial charge in [0.2, 0.25) is 0 Å². The molecule has 1 aliphatic rings. The van der Waals surface area contributed by atoms with Crippen LogP contribution >= 0.6 is 0 Å². The molecule has 0 aromatic heterocycles. The lowest BCUT2D eigenvalue weighted by Gasteiger charge is -2.26. The first-order chi connectivity index (χ1) is 12.5. The van der Waals surface area contributed by atoms with Gasteiger partial charge in [-0.05, 0) is 46.9 Å². The van der Waals surface area contributed by atoms with Gasteiger partial charge in [0, 0.05) is 13.1 Å². The summed E-state index contributed by atoms with van der Waals surface area (Å²) in [4.78, 5) is 26.9. The Balaban J connectivity index is 2.14. The van der Waals surface area contributed by atoms with Gasteiger partial charge in [-0.25, -0.2) is 4.79 Å². The van der Waals surface area contributed by atoms with Crippen molar-refractivity contribution >= 4 is 11.9 Å². The third-order valence-corrected chi connectivity index (χ3v) is 5.19. The number of likely N-dealkylation sites (tertiary alicyclic amines) is 1. The van der Waals surface area contributed by atoms with Crippen molar-refractivity contribution in [1.29, 1.82) is 0 Å². The highest BCUT2D eigenvalue weighted by atomic mass is 16.5. The number of benzene rings is 1. The highest BCUT2D eigenvalue weighted by molar-refractivity contribution is 5.92. The molecule has 0 unspecified atom stereocenters. The minimum absolute atomic E-state index is 0.0713. The Morgan fingerprint density at radius 3 is 1.78 bits per heavy atom. The SMILES string of the molecule is CC(C)(C)c1cc(C(=O)OCC(=O)N2CCCCCC2)cc(C(C)(C)C)c1. The predicted molar refractivity (Wildman–Crippen MR) is 109 cm³/mol. The van der Waals surface area contributed by atoms with E-state index in [9.17, 15) is 9.59 Å². The summed E-state index contributed by atoms with van der Waals surface area (Å²) in [5, 5.41) is 0. The number of rotatable bonds is 3. The maximum atomic E-state index is 12.7. The van der Waals surface area contributed by atoms with Crippen LogP contribution in [0.4, 0.5) is 0 Å². The zero-order chi connectivity index (χ0) is 20.2. The monoisotopic (exact) mass is 373 g/mol. The van der Waals surface area contributed by atoms with Crippen molar-refractivity contribution < 1.29 is 14.3 Å². The van der Waals surface area contributed by atoms with Crippen LogP contribution in [0.1, 0.15) is 88.7 Å². The van der Waals surface area contributed by atoms with Gasteiger partial charge in [0.15, 0.2) is 6.61 Å². The number of carbonyl (C=O) groups excluding carboxylic acids is 2. The van der Waals surface area contributed by atoms with Crippen molar-refractivity contribution in [2.24, 2.45) is 0 Å². The smallest absolute Gasteiger partial charge is 0.338 e. The van der Waals surface area contributed by atoms with E-state index in [1.165, 1.54) is 12.8 Å². The molecule has 150 valence electrons. The fraction of sp³-hybridized carbons (Fsp3) is 0.652. The number of ether oxygens (including phenoxy) is 1. The van der Waals surface area contributed by atoms with Crippen molar-refractivity contribution in [3.63, 3.8) is 0 Å². The number of hydrogen-bond donors (Lipinski definition) is 0. The molecule has 0 atom stereocenters. The van der Waals surface area contributed by atoms with Gasteiger partial charge >= 0.3 is 5.97 Å². The molecule has 0 aliphatic carbocycles. The Labute approximate surface area is 164 Å². The molecule has 0 radical (unpaired) electrons. The number of hydrogen-bond acceptors (Lipinski definition) is 3. The van der Waals surface area contributed by atoms with Crippen molar-refractivity contribution in [3.8, 4) is 0 Å². The van der Waals surface area contributed by atoms with Crippen LogP contribution in [0.2, 0.25) is 0 Å². The summed E-state index contributed by atoms with van der Waals surface area (Å²) in [7, 11) is 0. The van der Waals surface area contributed by atoms with Crippen molar-refractivity contribution in [2.75, 3.05) is 19.7 Å². The zero-order valence-electron chi connectivity index (χ0n) is 17.9. The van der Waals surface area contributed by atoms with Crippen LogP contribution in [-0.2, 0) is 20.4 Å². The van der Waals surface area contributed by atoms with E-state index in [0.29, 0.717) is 5.56 Å².